The molecule has 7 heteroatoms. The van der Waals surface area contributed by atoms with Crippen molar-refractivity contribution in [2.45, 2.75) is 50.4 Å². The molecule has 1 fully saturated rings. The molecule has 3 aliphatic rings. The number of Topliss-reactive ketones (excluding diaryl/α,β-unsaturated/α-hetero) is 1. The number of ether oxygens (including phenoxy) is 2. The summed E-state index contributed by atoms with van der Waals surface area (Å²) in [6.07, 6.45) is 4.34. The van der Waals surface area contributed by atoms with E-state index in [9.17, 15) is 9.59 Å². The first-order chi connectivity index (χ1) is 18.5. The maximum Gasteiger partial charge on any atom is 0.290 e. The number of aromatic nitrogens is 1. The number of alkyl halides is 1. The summed E-state index contributed by atoms with van der Waals surface area (Å²) in [6, 6.07) is 20.8. The van der Waals surface area contributed by atoms with Crippen LogP contribution < -0.4 is 4.74 Å². The van der Waals surface area contributed by atoms with E-state index in [1.165, 1.54) is 0 Å². The van der Waals surface area contributed by atoms with Crippen molar-refractivity contribution < 1.29 is 19.1 Å². The lowest BCUT2D eigenvalue weighted by Crippen LogP contribution is -2.44. The van der Waals surface area contributed by atoms with Crippen LogP contribution in [-0.4, -0.2) is 33.1 Å². The van der Waals surface area contributed by atoms with Crippen molar-refractivity contribution in [2.75, 3.05) is 0 Å². The van der Waals surface area contributed by atoms with Crippen LogP contribution in [0, 0.1) is 11.8 Å². The van der Waals surface area contributed by atoms with Gasteiger partial charge in [-0.3, -0.25) is 14.6 Å². The Labute approximate surface area is 227 Å². The van der Waals surface area contributed by atoms with Crippen LogP contribution in [0.3, 0.4) is 0 Å². The molecule has 6 nitrogen and oxygen atoms in total. The number of carbonyl (C=O) groups excluding carboxylic acids is 2. The Kier molecular flexibility index (Phi) is 6.66. The molecule has 1 aliphatic carbocycles. The fraction of sp³-hybridized carbons (Fsp3) is 0.323. The van der Waals surface area contributed by atoms with Gasteiger partial charge in [0.05, 0.1) is 17.5 Å². The van der Waals surface area contributed by atoms with Crippen LogP contribution in [0.4, 0.5) is 0 Å². The summed E-state index contributed by atoms with van der Waals surface area (Å²) in [5.74, 6) is 0.503. The third kappa shape index (κ3) is 4.58. The number of hydrogen-bond donors (Lipinski definition) is 0. The normalized spacial score (nSPS) is 26.6. The number of amides is 1. The zero-order chi connectivity index (χ0) is 26.2. The van der Waals surface area contributed by atoms with Crippen LogP contribution in [0.5, 0.6) is 5.75 Å². The molecule has 1 amide bonds. The number of hydrogen-bond acceptors (Lipinski definition) is 5. The van der Waals surface area contributed by atoms with Crippen molar-refractivity contribution in [3.63, 3.8) is 0 Å². The molecule has 5 unspecified atom stereocenters. The number of ketones is 1. The number of pyridine rings is 1. The van der Waals surface area contributed by atoms with Crippen molar-refractivity contribution >= 4 is 23.3 Å². The summed E-state index contributed by atoms with van der Waals surface area (Å²) >= 11 is 6.58. The topological polar surface area (TPSA) is 68.7 Å². The fourth-order valence-electron chi connectivity index (χ4n) is 5.75. The number of nitrogens with zero attached hydrogens (tertiary/aromatic N) is 2. The summed E-state index contributed by atoms with van der Waals surface area (Å²) in [6.45, 7) is 2.84. The van der Waals surface area contributed by atoms with Crippen LogP contribution in [0.2, 0.25) is 0 Å². The first-order valence-corrected chi connectivity index (χ1v) is 13.5. The predicted octanol–water partition coefficient (Wildman–Crippen LogP) is 5.62. The lowest BCUT2D eigenvalue weighted by Gasteiger charge is -2.40. The predicted molar refractivity (Wildman–Crippen MR) is 143 cm³/mol. The Morgan fingerprint density at radius 3 is 2.50 bits per heavy atom. The second-order valence-electron chi connectivity index (χ2n) is 10.4. The van der Waals surface area contributed by atoms with E-state index in [1.807, 2.05) is 66.7 Å². The van der Waals surface area contributed by atoms with Crippen LogP contribution in [0.15, 0.2) is 90.5 Å². The van der Waals surface area contributed by atoms with Gasteiger partial charge in [-0.15, -0.1) is 11.6 Å². The molecule has 2 aromatic carbocycles. The average molecular weight is 529 g/mol. The molecule has 1 aromatic heterocycles. The highest BCUT2D eigenvalue weighted by Gasteiger charge is 2.53. The third-order valence-electron chi connectivity index (χ3n) is 7.83. The van der Waals surface area contributed by atoms with Crippen molar-refractivity contribution in [3.05, 3.63) is 107 Å². The first-order valence-electron chi connectivity index (χ1n) is 13.0. The van der Waals surface area contributed by atoms with Gasteiger partial charge in [0.15, 0.2) is 11.5 Å². The van der Waals surface area contributed by atoms with E-state index < -0.39 is 6.04 Å². The smallest absolute Gasteiger partial charge is 0.290 e. The zero-order valence-corrected chi connectivity index (χ0v) is 21.9. The Hall–Kier alpha value is -3.64. The zero-order valence-electron chi connectivity index (χ0n) is 21.1. The maximum absolute atomic E-state index is 13.9. The SMILES string of the molecule is CC1CC2OC3=C(C(=O)C2CC1Cl)C(c1ccc(OCc2ccccc2)cc1)N(Cc1cccnc1)C3=O. The van der Waals surface area contributed by atoms with Crippen LogP contribution in [0.1, 0.15) is 42.5 Å². The van der Waals surface area contributed by atoms with E-state index in [2.05, 4.69) is 11.9 Å². The van der Waals surface area contributed by atoms with Gasteiger partial charge < -0.3 is 14.4 Å². The standard InChI is InChI=1S/C31H29ClN2O4/c1-19-14-26-24(15-25(19)32)29(35)27-28(34(31(36)30(27)38-26)17-21-8-5-13-33-16-21)22-9-11-23(12-10-22)37-18-20-6-3-2-4-7-20/h2-13,16,19,24-26,28H,14-15,17-18H2,1H3. The molecule has 6 rings (SSSR count). The molecule has 1 saturated carbocycles. The van der Waals surface area contributed by atoms with Crippen molar-refractivity contribution in [1.29, 1.82) is 0 Å². The summed E-state index contributed by atoms with van der Waals surface area (Å²) in [5.41, 5.74) is 3.24. The van der Waals surface area contributed by atoms with Gasteiger partial charge in [0, 0.05) is 24.3 Å². The minimum absolute atomic E-state index is 0.0229. The molecule has 0 radical (unpaired) electrons. The maximum atomic E-state index is 13.9. The molecule has 0 N–H and O–H groups in total. The Morgan fingerprint density at radius 2 is 1.76 bits per heavy atom. The second kappa shape index (κ2) is 10.3. The molecule has 3 aromatic rings. The van der Waals surface area contributed by atoms with Gasteiger partial charge in [0.25, 0.3) is 5.91 Å². The van der Waals surface area contributed by atoms with Gasteiger partial charge in [-0.1, -0.05) is 55.5 Å². The van der Waals surface area contributed by atoms with Gasteiger partial charge in [-0.2, -0.15) is 0 Å². The molecule has 0 spiro atoms. The lowest BCUT2D eigenvalue weighted by molar-refractivity contribution is -0.136. The fourth-order valence-corrected chi connectivity index (χ4v) is 6.05. The largest absolute Gasteiger partial charge is 0.489 e. The molecule has 194 valence electrons. The average Bonchev–Trinajstić information content (AvgIpc) is 3.21. The van der Waals surface area contributed by atoms with Crippen molar-refractivity contribution in [1.82, 2.24) is 9.88 Å². The molecular formula is C31H29ClN2O4. The Bertz CT molecular complexity index is 1360. The number of carbonyl (C=O) groups is 2. The molecule has 3 heterocycles. The highest BCUT2D eigenvalue weighted by molar-refractivity contribution is 6.21. The quantitative estimate of drug-likeness (QED) is 0.388. The van der Waals surface area contributed by atoms with Crippen LogP contribution >= 0.6 is 11.6 Å². The van der Waals surface area contributed by atoms with Gasteiger partial charge in [0.2, 0.25) is 0 Å². The molecule has 38 heavy (non-hydrogen) atoms. The monoisotopic (exact) mass is 528 g/mol. The minimum atomic E-state index is -0.553. The second-order valence-corrected chi connectivity index (χ2v) is 10.9. The van der Waals surface area contributed by atoms with E-state index in [0.29, 0.717) is 37.3 Å². The van der Waals surface area contributed by atoms with Gasteiger partial charge >= 0.3 is 0 Å². The summed E-state index contributed by atoms with van der Waals surface area (Å²) in [4.78, 5) is 33.6. The van der Waals surface area contributed by atoms with E-state index >= 15 is 0 Å². The Balaban J connectivity index is 1.32. The highest BCUT2D eigenvalue weighted by atomic mass is 35.5. The van der Waals surface area contributed by atoms with Crippen molar-refractivity contribution in [2.24, 2.45) is 11.8 Å². The van der Waals surface area contributed by atoms with Crippen LogP contribution in [-0.2, 0) is 27.5 Å². The third-order valence-corrected chi connectivity index (χ3v) is 8.43. The summed E-state index contributed by atoms with van der Waals surface area (Å²) in [5, 5.41) is -0.0888. The molecule has 2 aliphatic heterocycles. The van der Waals surface area contributed by atoms with Crippen molar-refractivity contribution in [3.8, 4) is 5.75 Å². The number of fused-ring (bicyclic) bond motifs is 1. The number of halogens is 1. The van der Waals surface area contributed by atoms with E-state index in [-0.39, 0.29) is 40.8 Å². The number of benzene rings is 2. The number of rotatable bonds is 6. The van der Waals surface area contributed by atoms with Crippen LogP contribution in [0.25, 0.3) is 0 Å². The lowest BCUT2D eigenvalue weighted by atomic mass is 9.74. The first kappa shape index (κ1) is 24.7. The highest BCUT2D eigenvalue weighted by Crippen LogP contribution is 2.48. The van der Waals surface area contributed by atoms with Gasteiger partial charge in [-0.25, -0.2) is 0 Å². The summed E-state index contributed by atoms with van der Waals surface area (Å²) < 4.78 is 12.3. The van der Waals surface area contributed by atoms with E-state index in [0.717, 1.165) is 16.7 Å². The molecular weight excluding hydrogens is 500 g/mol. The van der Waals surface area contributed by atoms with Gasteiger partial charge in [-0.05, 0) is 53.6 Å². The Morgan fingerprint density at radius 1 is 1.00 bits per heavy atom. The minimum Gasteiger partial charge on any atom is -0.489 e. The summed E-state index contributed by atoms with van der Waals surface area (Å²) in [7, 11) is 0. The molecule has 0 saturated heterocycles. The van der Waals surface area contributed by atoms with Gasteiger partial charge in [0.1, 0.15) is 18.5 Å². The molecule has 5 atom stereocenters. The van der Waals surface area contributed by atoms with E-state index in [1.54, 1.807) is 17.3 Å². The molecule has 0 bridgehead atoms. The van der Waals surface area contributed by atoms with E-state index in [4.69, 9.17) is 21.1 Å².